The Kier molecular flexibility index (Phi) is 3.16. The first-order chi connectivity index (χ1) is 9.31. The lowest BCUT2D eigenvalue weighted by Crippen LogP contribution is -1.86. The van der Waals surface area contributed by atoms with Gasteiger partial charge in [-0.1, -0.05) is 0 Å². The van der Waals surface area contributed by atoms with Crippen LogP contribution in [0.25, 0.3) is 10.6 Å². The zero-order valence-electron chi connectivity index (χ0n) is 10.1. The Morgan fingerprint density at radius 3 is 2.11 bits per heavy atom. The Bertz CT molecular complexity index is 646. The second-order valence-corrected chi connectivity index (χ2v) is 4.93. The summed E-state index contributed by atoms with van der Waals surface area (Å²) < 4.78 is 5.73. The molecule has 2 N–H and O–H groups in total. The van der Waals surface area contributed by atoms with Gasteiger partial charge in [0.1, 0.15) is 16.5 Å². The molecule has 94 valence electrons. The minimum atomic E-state index is 0.728. The summed E-state index contributed by atoms with van der Waals surface area (Å²) in [6, 6.07) is 15.2. The van der Waals surface area contributed by atoms with Crippen molar-refractivity contribution in [1.82, 2.24) is 4.98 Å². The topological polar surface area (TPSA) is 48.1 Å². The molecule has 3 nitrogen and oxygen atoms in total. The monoisotopic (exact) mass is 268 g/mol. The zero-order valence-corrected chi connectivity index (χ0v) is 10.9. The maximum Gasteiger partial charge on any atom is 0.127 e. The van der Waals surface area contributed by atoms with Gasteiger partial charge in [-0.3, -0.25) is 0 Å². The van der Waals surface area contributed by atoms with Crippen molar-refractivity contribution in [2.24, 2.45) is 0 Å². The molecular weight excluding hydrogens is 256 g/mol. The van der Waals surface area contributed by atoms with E-state index in [0.717, 1.165) is 27.8 Å². The van der Waals surface area contributed by atoms with Gasteiger partial charge in [0.05, 0.1) is 0 Å². The second-order valence-electron chi connectivity index (χ2n) is 4.03. The Hall–Kier alpha value is -2.33. The van der Waals surface area contributed by atoms with Crippen molar-refractivity contribution in [3.8, 4) is 22.1 Å². The molecule has 0 aliphatic rings. The van der Waals surface area contributed by atoms with Crippen molar-refractivity contribution in [2.75, 3.05) is 5.73 Å². The fraction of sp³-hybridized carbons (Fsp3) is 0. The standard InChI is InChI=1S/C15H12N2OS/c16-12-3-7-14(8-4-12)18-13-5-1-11(2-6-13)15-17-9-10-19-15/h1-10H,16H2. The lowest BCUT2D eigenvalue weighted by Gasteiger charge is -2.06. The molecule has 0 unspecified atom stereocenters. The van der Waals surface area contributed by atoms with Crippen molar-refractivity contribution in [3.05, 3.63) is 60.1 Å². The summed E-state index contributed by atoms with van der Waals surface area (Å²) in [5, 5.41) is 2.98. The summed E-state index contributed by atoms with van der Waals surface area (Å²) in [6.45, 7) is 0. The smallest absolute Gasteiger partial charge is 0.127 e. The molecule has 2 aromatic carbocycles. The third-order valence-electron chi connectivity index (χ3n) is 2.65. The molecule has 0 atom stereocenters. The molecule has 0 bridgehead atoms. The minimum Gasteiger partial charge on any atom is -0.457 e. The van der Waals surface area contributed by atoms with Crippen LogP contribution in [0.3, 0.4) is 0 Å². The third-order valence-corrected chi connectivity index (χ3v) is 3.47. The molecule has 0 saturated carbocycles. The Morgan fingerprint density at radius 2 is 1.53 bits per heavy atom. The van der Waals surface area contributed by atoms with Crippen LogP contribution in [0.1, 0.15) is 0 Å². The van der Waals surface area contributed by atoms with E-state index in [9.17, 15) is 0 Å². The van der Waals surface area contributed by atoms with Crippen LogP contribution < -0.4 is 10.5 Å². The number of nitrogens with two attached hydrogens (primary N) is 1. The summed E-state index contributed by atoms with van der Waals surface area (Å²) in [5.74, 6) is 1.57. The first kappa shape index (κ1) is 11.7. The largest absolute Gasteiger partial charge is 0.457 e. The number of thiazole rings is 1. The van der Waals surface area contributed by atoms with Gasteiger partial charge in [-0.2, -0.15) is 0 Å². The molecule has 0 aliphatic carbocycles. The molecule has 0 saturated heterocycles. The van der Waals surface area contributed by atoms with Crippen LogP contribution >= 0.6 is 11.3 Å². The van der Waals surface area contributed by atoms with Crippen LogP contribution in [0.5, 0.6) is 11.5 Å². The molecule has 0 aliphatic heterocycles. The highest BCUT2D eigenvalue weighted by molar-refractivity contribution is 7.13. The van der Waals surface area contributed by atoms with Gasteiger partial charge in [0.2, 0.25) is 0 Å². The molecule has 1 aromatic heterocycles. The molecule has 3 rings (SSSR count). The highest BCUT2D eigenvalue weighted by Gasteiger charge is 2.01. The van der Waals surface area contributed by atoms with E-state index in [1.54, 1.807) is 17.5 Å². The van der Waals surface area contributed by atoms with Crippen molar-refractivity contribution in [2.45, 2.75) is 0 Å². The average molecular weight is 268 g/mol. The summed E-state index contributed by atoms with van der Waals surface area (Å²) in [4.78, 5) is 4.27. The van der Waals surface area contributed by atoms with Gasteiger partial charge < -0.3 is 10.5 Å². The molecule has 0 spiro atoms. The van der Waals surface area contributed by atoms with E-state index in [1.807, 2.05) is 53.9 Å². The number of hydrogen-bond donors (Lipinski definition) is 1. The molecule has 0 amide bonds. The highest BCUT2D eigenvalue weighted by Crippen LogP contribution is 2.27. The summed E-state index contributed by atoms with van der Waals surface area (Å²) >= 11 is 1.62. The van der Waals surface area contributed by atoms with E-state index < -0.39 is 0 Å². The predicted molar refractivity (Wildman–Crippen MR) is 78.5 cm³/mol. The van der Waals surface area contributed by atoms with Crippen LogP contribution in [0.2, 0.25) is 0 Å². The number of hydrogen-bond acceptors (Lipinski definition) is 4. The second kappa shape index (κ2) is 5.12. The van der Waals surface area contributed by atoms with E-state index >= 15 is 0 Å². The molecule has 1 heterocycles. The number of nitrogens with zero attached hydrogens (tertiary/aromatic N) is 1. The number of rotatable bonds is 3. The first-order valence-electron chi connectivity index (χ1n) is 5.84. The van der Waals surface area contributed by atoms with E-state index in [4.69, 9.17) is 10.5 Å². The molecular formula is C15H12N2OS. The van der Waals surface area contributed by atoms with Crippen LogP contribution in [0.4, 0.5) is 5.69 Å². The maximum atomic E-state index is 5.73. The summed E-state index contributed by atoms with van der Waals surface area (Å²) in [6.07, 6.45) is 1.80. The number of anilines is 1. The molecule has 3 aromatic rings. The Balaban J connectivity index is 1.77. The van der Waals surface area contributed by atoms with Gasteiger partial charge >= 0.3 is 0 Å². The van der Waals surface area contributed by atoms with E-state index in [0.29, 0.717) is 0 Å². The third kappa shape index (κ3) is 2.74. The molecule has 0 fully saturated rings. The minimum absolute atomic E-state index is 0.728. The number of ether oxygens (including phenoxy) is 1. The van der Waals surface area contributed by atoms with Gasteiger partial charge in [-0.15, -0.1) is 11.3 Å². The lowest BCUT2D eigenvalue weighted by atomic mass is 10.2. The molecule has 19 heavy (non-hydrogen) atoms. The van der Waals surface area contributed by atoms with E-state index in [2.05, 4.69) is 4.98 Å². The Morgan fingerprint density at radius 1 is 0.895 bits per heavy atom. The van der Waals surface area contributed by atoms with Crippen LogP contribution in [-0.4, -0.2) is 4.98 Å². The lowest BCUT2D eigenvalue weighted by molar-refractivity contribution is 0.483. The van der Waals surface area contributed by atoms with E-state index in [1.165, 1.54) is 0 Å². The maximum absolute atomic E-state index is 5.73. The first-order valence-corrected chi connectivity index (χ1v) is 6.72. The normalized spacial score (nSPS) is 10.3. The number of benzene rings is 2. The van der Waals surface area contributed by atoms with Gasteiger partial charge in [-0.05, 0) is 48.5 Å². The SMILES string of the molecule is Nc1ccc(Oc2ccc(-c3nccs3)cc2)cc1. The zero-order chi connectivity index (χ0) is 13.1. The summed E-state index contributed by atoms with van der Waals surface area (Å²) in [7, 11) is 0. The Labute approximate surface area is 115 Å². The van der Waals surface area contributed by atoms with Crippen LogP contribution in [0.15, 0.2) is 60.1 Å². The van der Waals surface area contributed by atoms with Crippen LogP contribution in [-0.2, 0) is 0 Å². The van der Waals surface area contributed by atoms with Gasteiger partial charge in [0, 0.05) is 22.8 Å². The van der Waals surface area contributed by atoms with Crippen LogP contribution in [0, 0.1) is 0 Å². The average Bonchev–Trinajstić information content (AvgIpc) is 2.96. The van der Waals surface area contributed by atoms with Gasteiger partial charge in [0.15, 0.2) is 0 Å². The number of aromatic nitrogens is 1. The van der Waals surface area contributed by atoms with E-state index in [-0.39, 0.29) is 0 Å². The van der Waals surface area contributed by atoms with Gasteiger partial charge in [0.25, 0.3) is 0 Å². The highest BCUT2D eigenvalue weighted by atomic mass is 32.1. The van der Waals surface area contributed by atoms with Gasteiger partial charge in [-0.25, -0.2) is 4.98 Å². The van der Waals surface area contributed by atoms with Crippen molar-refractivity contribution >= 4 is 17.0 Å². The summed E-state index contributed by atoms with van der Waals surface area (Å²) in [5.41, 5.74) is 7.46. The fourth-order valence-corrected chi connectivity index (χ4v) is 2.35. The number of nitrogen functional groups attached to an aromatic ring is 1. The molecule has 0 radical (unpaired) electrons. The quantitative estimate of drug-likeness (QED) is 0.725. The predicted octanol–water partition coefficient (Wildman–Crippen LogP) is 4.18. The molecule has 4 heteroatoms. The van der Waals surface area contributed by atoms with Crippen molar-refractivity contribution < 1.29 is 4.74 Å². The van der Waals surface area contributed by atoms with Crippen molar-refractivity contribution in [1.29, 1.82) is 0 Å². The van der Waals surface area contributed by atoms with Crippen molar-refractivity contribution in [3.63, 3.8) is 0 Å². The fourth-order valence-electron chi connectivity index (χ4n) is 1.70.